The lowest BCUT2D eigenvalue weighted by Crippen LogP contribution is -2.22. The van der Waals surface area contributed by atoms with Gasteiger partial charge in [0.05, 0.1) is 18.4 Å². The summed E-state index contributed by atoms with van der Waals surface area (Å²) >= 11 is 0. The maximum atomic E-state index is 12.6. The molecule has 2 aromatic carbocycles. The van der Waals surface area contributed by atoms with Crippen LogP contribution in [0.1, 0.15) is 21.6 Å². The van der Waals surface area contributed by atoms with Gasteiger partial charge in [-0.3, -0.25) is 4.79 Å². The van der Waals surface area contributed by atoms with Gasteiger partial charge in [0.25, 0.3) is 5.91 Å². The molecule has 0 bridgehead atoms. The fraction of sp³-hybridized carbons (Fsp3) is 0.273. The lowest BCUT2D eigenvalue weighted by molar-refractivity contribution is -0.153. The summed E-state index contributed by atoms with van der Waals surface area (Å²) in [5.41, 5.74) is 3.88. The number of rotatable bonds is 5. The number of alkyl halides is 3. The molecule has 0 N–H and O–H groups in total. The topological polar surface area (TPSA) is 50.6 Å². The number of fused-ring (bicyclic) bond motifs is 1. The smallest absolute Gasteiger partial charge is 0.422 e. The van der Waals surface area contributed by atoms with Crippen LogP contribution in [0.2, 0.25) is 0 Å². The molecule has 2 heterocycles. The molecule has 0 aliphatic carbocycles. The molecule has 1 amide bonds. The first-order valence-corrected chi connectivity index (χ1v) is 9.64. The van der Waals surface area contributed by atoms with Gasteiger partial charge in [0.15, 0.2) is 6.61 Å². The Bertz CT molecular complexity index is 1090. The molecule has 1 aromatic heterocycles. The average Bonchev–Trinajstić information content (AvgIpc) is 3.32. The number of ether oxygens (including phenoxy) is 1. The molecule has 0 saturated carbocycles. The molecule has 1 aliphatic heterocycles. The van der Waals surface area contributed by atoms with Crippen molar-refractivity contribution < 1.29 is 22.7 Å². The van der Waals surface area contributed by atoms with E-state index >= 15 is 0 Å². The number of nitrogens with zero attached hydrogens (tertiary/aromatic N) is 4. The number of halogens is 3. The standard InChI is InChI=1S/C22H21F3N4O2/c1-27(2)21(30)15-7-9-17(10-8-15)28-12-16-11-26-29(19(16)13-28)18-5-3-4-6-20(18)31-14-22(23,24)25/h3-11H,12-14H2,1-2H3. The van der Waals surface area contributed by atoms with E-state index in [4.69, 9.17) is 4.74 Å². The third-order valence-corrected chi connectivity index (χ3v) is 5.03. The van der Waals surface area contributed by atoms with Crippen molar-refractivity contribution >= 4 is 11.6 Å². The SMILES string of the molecule is CN(C)C(=O)c1ccc(N2Cc3cnn(-c4ccccc4OCC(F)(F)F)c3C2)cc1. The number of para-hydroxylation sites is 2. The van der Waals surface area contributed by atoms with Gasteiger partial charge in [0.2, 0.25) is 0 Å². The summed E-state index contributed by atoms with van der Waals surface area (Å²) in [6.07, 6.45) is -2.70. The number of amides is 1. The Hall–Kier alpha value is -3.49. The summed E-state index contributed by atoms with van der Waals surface area (Å²) in [6, 6.07) is 13.9. The molecule has 9 heteroatoms. The van der Waals surface area contributed by atoms with E-state index in [9.17, 15) is 18.0 Å². The fourth-order valence-electron chi connectivity index (χ4n) is 3.53. The first-order chi connectivity index (χ1) is 14.7. The van der Waals surface area contributed by atoms with E-state index in [2.05, 4.69) is 10.00 Å². The van der Waals surface area contributed by atoms with E-state index in [1.54, 1.807) is 55.3 Å². The lowest BCUT2D eigenvalue weighted by atomic mass is 10.2. The normalized spacial score (nSPS) is 13.3. The van der Waals surface area contributed by atoms with Crippen LogP contribution in [0.3, 0.4) is 0 Å². The van der Waals surface area contributed by atoms with E-state index in [0.717, 1.165) is 16.9 Å². The quantitative estimate of drug-likeness (QED) is 0.613. The molecule has 4 rings (SSSR count). The van der Waals surface area contributed by atoms with Crippen LogP contribution in [0.25, 0.3) is 5.69 Å². The monoisotopic (exact) mass is 430 g/mol. The van der Waals surface area contributed by atoms with Gasteiger partial charge in [0, 0.05) is 37.5 Å². The maximum absolute atomic E-state index is 12.6. The molecule has 0 saturated heterocycles. The van der Waals surface area contributed by atoms with Crippen LogP contribution in [-0.4, -0.2) is 47.5 Å². The number of benzene rings is 2. The van der Waals surface area contributed by atoms with Crippen LogP contribution in [0.4, 0.5) is 18.9 Å². The Morgan fingerprint density at radius 2 is 1.81 bits per heavy atom. The predicted molar refractivity (Wildman–Crippen MR) is 109 cm³/mol. The summed E-state index contributed by atoms with van der Waals surface area (Å²) in [4.78, 5) is 15.7. The Kier molecular flexibility index (Phi) is 5.34. The summed E-state index contributed by atoms with van der Waals surface area (Å²) in [5, 5.41) is 4.38. The van der Waals surface area contributed by atoms with Crippen LogP contribution in [0.15, 0.2) is 54.7 Å². The highest BCUT2D eigenvalue weighted by molar-refractivity contribution is 5.94. The summed E-state index contributed by atoms with van der Waals surface area (Å²) in [7, 11) is 3.41. The Morgan fingerprint density at radius 1 is 1.10 bits per heavy atom. The third-order valence-electron chi connectivity index (χ3n) is 5.03. The van der Waals surface area contributed by atoms with Gasteiger partial charge in [-0.05, 0) is 36.4 Å². The molecule has 162 valence electrons. The Morgan fingerprint density at radius 3 is 2.48 bits per heavy atom. The summed E-state index contributed by atoms with van der Waals surface area (Å²) < 4.78 is 44.5. The molecular formula is C22H21F3N4O2. The van der Waals surface area contributed by atoms with Crippen molar-refractivity contribution in [3.05, 3.63) is 71.5 Å². The highest BCUT2D eigenvalue weighted by Gasteiger charge is 2.30. The van der Waals surface area contributed by atoms with Gasteiger partial charge in [-0.15, -0.1) is 0 Å². The predicted octanol–water partition coefficient (Wildman–Crippen LogP) is 4.04. The number of hydrogen-bond acceptors (Lipinski definition) is 4. The Labute approximate surface area is 177 Å². The molecular weight excluding hydrogens is 409 g/mol. The minimum atomic E-state index is -4.42. The number of hydrogen-bond donors (Lipinski definition) is 0. The zero-order chi connectivity index (χ0) is 22.2. The molecule has 6 nitrogen and oxygen atoms in total. The van der Waals surface area contributed by atoms with Crippen molar-refractivity contribution in [2.24, 2.45) is 0 Å². The number of carbonyl (C=O) groups is 1. The van der Waals surface area contributed by atoms with Gasteiger partial charge < -0.3 is 14.5 Å². The van der Waals surface area contributed by atoms with E-state index in [0.29, 0.717) is 24.3 Å². The molecule has 0 radical (unpaired) electrons. The maximum Gasteiger partial charge on any atom is 0.422 e. The van der Waals surface area contributed by atoms with Crippen molar-refractivity contribution in [2.75, 3.05) is 25.6 Å². The summed E-state index contributed by atoms with van der Waals surface area (Å²) in [6.45, 7) is -0.219. The molecule has 0 spiro atoms. The van der Waals surface area contributed by atoms with E-state index in [1.165, 1.54) is 11.0 Å². The van der Waals surface area contributed by atoms with Crippen LogP contribution in [0, 0.1) is 0 Å². The number of aromatic nitrogens is 2. The van der Waals surface area contributed by atoms with Crippen molar-refractivity contribution in [3.63, 3.8) is 0 Å². The van der Waals surface area contributed by atoms with E-state index in [1.807, 2.05) is 12.1 Å². The minimum absolute atomic E-state index is 0.0673. The molecule has 1 aliphatic rings. The van der Waals surface area contributed by atoms with Crippen LogP contribution in [0.5, 0.6) is 5.75 Å². The first kappa shape index (κ1) is 20.8. The van der Waals surface area contributed by atoms with E-state index in [-0.39, 0.29) is 11.7 Å². The zero-order valence-corrected chi connectivity index (χ0v) is 17.1. The highest BCUT2D eigenvalue weighted by Crippen LogP contribution is 2.32. The zero-order valence-electron chi connectivity index (χ0n) is 17.1. The van der Waals surface area contributed by atoms with Crippen molar-refractivity contribution in [1.29, 1.82) is 0 Å². The third kappa shape index (κ3) is 4.35. The lowest BCUT2D eigenvalue weighted by Gasteiger charge is -2.19. The summed E-state index contributed by atoms with van der Waals surface area (Å²) in [5.74, 6) is 0.0538. The fourth-order valence-corrected chi connectivity index (χ4v) is 3.53. The van der Waals surface area contributed by atoms with Crippen LogP contribution >= 0.6 is 0 Å². The molecule has 0 atom stereocenters. The van der Waals surface area contributed by atoms with Gasteiger partial charge in [-0.1, -0.05) is 12.1 Å². The van der Waals surface area contributed by atoms with Gasteiger partial charge in [-0.25, -0.2) is 4.68 Å². The van der Waals surface area contributed by atoms with Crippen LogP contribution < -0.4 is 9.64 Å². The second-order valence-corrected chi connectivity index (χ2v) is 7.50. The van der Waals surface area contributed by atoms with Crippen LogP contribution in [-0.2, 0) is 13.1 Å². The van der Waals surface area contributed by atoms with E-state index < -0.39 is 12.8 Å². The number of anilines is 1. The molecule has 0 unspecified atom stereocenters. The number of carbonyl (C=O) groups excluding carboxylic acids is 1. The van der Waals surface area contributed by atoms with Gasteiger partial charge in [-0.2, -0.15) is 18.3 Å². The van der Waals surface area contributed by atoms with Crippen molar-refractivity contribution in [3.8, 4) is 11.4 Å². The molecule has 0 fully saturated rings. The second-order valence-electron chi connectivity index (χ2n) is 7.50. The minimum Gasteiger partial charge on any atom is -0.482 e. The van der Waals surface area contributed by atoms with Crippen molar-refractivity contribution in [1.82, 2.24) is 14.7 Å². The highest BCUT2D eigenvalue weighted by atomic mass is 19.4. The van der Waals surface area contributed by atoms with Gasteiger partial charge in [0.1, 0.15) is 11.4 Å². The van der Waals surface area contributed by atoms with Gasteiger partial charge >= 0.3 is 6.18 Å². The largest absolute Gasteiger partial charge is 0.482 e. The van der Waals surface area contributed by atoms with Crippen molar-refractivity contribution in [2.45, 2.75) is 19.3 Å². The molecule has 31 heavy (non-hydrogen) atoms. The first-order valence-electron chi connectivity index (χ1n) is 9.64. The molecule has 3 aromatic rings. The second kappa shape index (κ2) is 7.98. The average molecular weight is 430 g/mol. The Balaban J connectivity index is 1.56.